The van der Waals surface area contributed by atoms with E-state index in [1.54, 1.807) is 0 Å². The van der Waals surface area contributed by atoms with Gasteiger partial charge in [-0.25, -0.2) is 0 Å². The molecule has 9 aromatic carbocycles. The van der Waals surface area contributed by atoms with Crippen LogP contribution in [0, 0.1) is 0 Å². The van der Waals surface area contributed by atoms with Gasteiger partial charge in [0.25, 0.3) is 0 Å². The zero-order valence-corrected chi connectivity index (χ0v) is 31.9. The van der Waals surface area contributed by atoms with Gasteiger partial charge in [0, 0.05) is 28.4 Å². The van der Waals surface area contributed by atoms with Crippen LogP contribution in [-0.2, 0) is 0 Å². The third kappa shape index (κ3) is 5.90. The van der Waals surface area contributed by atoms with Crippen molar-refractivity contribution >= 4 is 38.6 Å². The number of rotatable bonds is 7. The summed E-state index contributed by atoms with van der Waals surface area (Å²) in [5, 5.41) is 4.93. The van der Waals surface area contributed by atoms with Crippen LogP contribution in [0.3, 0.4) is 0 Å². The summed E-state index contributed by atoms with van der Waals surface area (Å²) in [7, 11) is 0. The largest absolute Gasteiger partial charge is 0.461 e. The quantitative estimate of drug-likeness (QED) is 0.161. The van der Waals surface area contributed by atoms with Gasteiger partial charge in [-0.2, -0.15) is 0 Å². The Kier molecular flexibility index (Phi) is 8.33. The number of hydrogen-bond donors (Lipinski definition) is 0. The highest BCUT2D eigenvalue weighted by Gasteiger charge is 2.35. The molecular weight excluding hydrogens is 703 g/mol. The molecule has 0 fully saturated rings. The molecule has 274 valence electrons. The second kappa shape index (κ2) is 14.3. The number of anilines is 3. The number of benzene rings is 9. The summed E-state index contributed by atoms with van der Waals surface area (Å²) in [5.41, 5.74) is 14.2. The van der Waals surface area contributed by atoms with Gasteiger partial charge in [0.15, 0.2) is 0 Å². The first-order chi connectivity index (χ1) is 28.8. The van der Waals surface area contributed by atoms with E-state index in [4.69, 9.17) is 4.74 Å². The van der Waals surface area contributed by atoms with E-state index in [9.17, 15) is 0 Å². The second-order valence-electron chi connectivity index (χ2n) is 15.2. The number of nitrogens with zero attached hydrogens (tertiary/aromatic N) is 1. The predicted octanol–water partition coefficient (Wildman–Crippen LogP) is 15.5. The normalized spacial score (nSPS) is 14.1. The van der Waals surface area contributed by atoms with E-state index >= 15 is 0 Å². The van der Waals surface area contributed by atoms with Gasteiger partial charge in [0.2, 0.25) is 0 Å². The van der Waals surface area contributed by atoms with Crippen LogP contribution < -0.4 is 9.64 Å². The Bertz CT molecular complexity index is 3030. The van der Waals surface area contributed by atoms with Gasteiger partial charge in [-0.15, -0.1) is 0 Å². The van der Waals surface area contributed by atoms with Crippen molar-refractivity contribution in [3.05, 3.63) is 230 Å². The minimum Gasteiger partial charge on any atom is -0.461 e. The first-order valence-corrected chi connectivity index (χ1v) is 20.1. The fraction of sp³-hybridized carbons (Fsp3) is 0.0357. The van der Waals surface area contributed by atoms with Crippen molar-refractivity contribution in [3.8, 4) is 50.3 Å². The van der Waals surface area contributed by atoms with Crippen LogP contribution in [0.2, 0.25) is 0 Å². The van der Waals surface area contributed by atoms with Gasteiger partial charge in [-0.3, -0.25) is 0 Å². The molecule has 11 rings (SSSR count). The molecule has 0 bridgehead atoms. The molecule has 1 heterocycles. The Hall–Kier alpha value is -7.42. The molecule has 1 atom stereocenters. The third-order valence-corrected chi connectivity index (χ3v) is 11.8. The number of fused-ring (bicyclic) bond motifs is 5. The van der Waals surface area contributed by atoms with Gasteiger partial charge in [0.05, 0.1) is 5.69 Å². The van der Waals surface area contributed by atoms with Crippen LogP contribution in [0.25, 0.3) is 66.1 Å². The van der Waals surface area contributed by atoms with Gasteiger partial charge in [-0.05, 0) is 109 Å². The van der Waals surface area contributed by atoms with Crippen LogP contribution >= 0.6 is 0 Å². The molecule has 0 saturated carbocycles. The molecule has 58 heavy (non-hydrogen) atoms. The lowest BCUT2D eigenvalue weighted by Gasteiger charge is -2.29. The summed E-state index contributed by atoms with van der Waals surface area (Å²) in [6.45, 7) is 0. The first kappa shape index (κ1) is 33.9. The molecule has 0 spiro atoms. The van der Waals surface area contributed by atoms with Crippen LogP contribution in [0.15, 0.2) is 224 Å². The lowest BCUT2D eigenvalue weighted by Crippen LogP contribution is -2.12. The van der Waals surface area contributed by atoms with Gasteiger partial charge < -0.3 is 9.64 Å². The van der Waals surface area contributed by atoms with E-state index in [0.717, 1.165) is 35.0 Å². The van der Waals surface area contributed by atoms with Gasteiger partial charge in [-0.1, -0.05) is 176 Å². The summed E-state index contributed by atoms with van der Waals surface area (Å²) < 4.78 is 6.61. The topological polar surface area (TPSA) is 12.5 Å². The highest BCUT2D eigenvalue weighted by atomic mass is 16.5. The zero-order valence-electron chi connectivity index (χ0n) is 31.9. The highest BCUT2D eigenvalue weighted by molar-refractivity contribution is 6.05. The molecule has 2 heteroatoms. The summed E-state index contributed by atoms with van der Waals surface area (Å²) >= 11 is 0. The molecule has 1 aliphatic heterocycles. The molecule has 0 radical (unpaired) electrons. The van der Waals surface area contributed by atoms with Crippen molar-refractivity contribution in [1.82, 2.24) is 0 Å². The van der Waals surface area contributed by atoms with Crippen LogP contribution in [0.1, 0.15) is 17.9 Å². The van der Waals surface area contributed by atoms with E-state index < -0.39 is 0 Å². The van der Waals surface area contributed by atoms with Crippen molar-refractivity contribution < 1.29 is 4.74 Å². The van der Waals surface area contributed by atoms with Crippen molar-refractivity contribution in [2.75, 3.05) is 4.90 Å². The van der Waals surface area contributed by atoms with Crippen LogP contribution in [0.5, 0.6) is 5.75 Å². The number of hydrogen-bond acceptors (Lipinski definition) is 2. The van der Waals surface area contributed by atoms with Gasteiger partial charge >= 0.3 is 0 Å². The summed E-state index contributed by atoms with van der Waals surface area (Å²) in [5.74, 6) is 2.16. The first-order valence-electron chi connectivity index (χ1n) is 20.1. The molecule has 2 aliphatic rings. The smallest absolute Gasteiger partial charge is 0.132 e. The minimum absolute atomic E-state index is 0.178. The maximum atomic E-state index is 6.61. The minimum atomic E-state index is 0.178. The molecular formula is C56H39NO. The molecule has 2 nitrogen and oxygen atoms in total. The third-order valence-electron chi connectivity index (χ3n) is 11.8. The maximum Gasteiger partial charge on any atom is 0.132 e. The molecule has 0 N–H and O–H groups in total. The lowest BCUT2D eigenvalue weighted by molar-refractivity contribution is 0.425. The average Bonchev–Trinajstić information content (AvgIpc) is 3.67. The van der Waals surface area contributed by atoms with Crippen molar-refractivity contribution in [2.24, 2.45) is 0 Å². The lowest BCUT2D eigenvalue weighted by atomic mass is 9.83. The van der Waals surface area contributed by atoms with Crippen LogP contribution in [-0.4, -0.2) is 0 Å². The van der Waals surface area contributed by atoms with Crippen LogP contribution in [0.4, 0.5) is 17.1 Å². The highest BCUT2D eigenvalue weighted by Crippen LogP contribution is 2.54. The summed E-state index contributed by atoms with van der Waals surface area (Å²) in [6.07, 6.45) is 7.43. The molecule has 0 aromatic heterocycles. The Morgan fingerprint density at radius 1 is 0.448 bits per heavy atom. The average molecular weight is 742 g/mol. The maximum absolute atomic E-state index is 6.61. The van der Waals surface area contributed by atoms with Crippen molar-refractivity contribution in [3.63, 3.8) is 0 Å². The number of para-hydroxylation sites is 1. The summed E-state index contributed by atoms with van der Waals surface area (Å²) in [4.78, 5) is 2.42. The molecule has 1 aliphatic carbocycles. The molecule has 0 amide bonds. The Balaban J connectivity index is 1.03. The number of allylic oxidation sites excluding steroid dienone is 4. The van der Waals surface area contributed by atoms with E-state index in [2.05, 4.69) is 223 Å². The monoisotopic (exact) mass is 741 g/mol. The van der Waals surface area contributed by atoms with Gasteiger partial charge in [0.1, 0.15) is 11.5 Å². The number of ether oxygens (including phenoxy) is 1. The van der Waals surface area contributed by atoms with E-state index in [0.29, 0.717) is 0 Å². The zero-order chi connectivity index (χ0) is 38.4. The fourth-order valence-electron chi connectivity index (χ4n) is 9.02. The fourth-order valence-corrected chi connectivity index (χ4v) is 9.02. The van der Waals surface area contributed by atoms with Crippen molar-refractivity contribution in [2.45, 2.75) is 12.3 Å². The van der Waals surface area contributed by atoms with Crippen molar-refractivity contribution in [1.29, 1.82) is 0 Å². The molecule has 9 aromatic rings. The standard InChI is InChI=1S/C56H39NO/c1-2-13-38(14-3-1)40-29-33-45(34-30-40)57(46-35-31-41(32-36-46)39-25-27-43(28-26-39)48-22-12-17-42-15-4-6-18-47(42)48)52-23-10-8-20-50(52)55-49-19-7-5-16-44(49)37-54-56(55)51-21-9-11-24-53(51)58-54/h1-20,22-37,51H,21H2. The van der Waals surface area contributed by atoms with E-state index in [1.807, 2.05) is 0 Å². The molecule has 1 unspecified atom stereocenters. The van der Waals surface area contributed by atoms with E-state index in [-0.39, 0.29) is 5.92 Å². The SMILES string of the molecule is C1=CCC2C(=C1)Oc1cc3ccccc3c(-c3ccccc3N(c3ccc(-c4ccccc4)cc3)c3ccc(-c4ccc(-c5cccc6ccccc56)cc4)cc3)c12. The predicted molar refractivity (Wildman–Crippen MR) is 243 cm³/mol. The Morgan fingerprint density at radius 3 is 1.74 bits per heavy atom. The summed E-state index contributed by atoms with van der Waals surface area (Å²) in [6, 6.07) is 72.6. The molecule has 0 saturated heterocycles. The van der Waals surface area contributed by atoms with E-state index in [1.165, 1.54) is 71.6 Å². The Labute approximate surface area is 339 Å². The Morgan fingerprint density at radius 2 is 1.00 bits per heavy atom. The second-order valence-corrected chi connectivity index (χ2v) is 15.2.